The van der Waals surface area contributed by atoms with Gasteiger partial charge in [-0.2, -0.15) is 0 Å². The number of hydrogen-bond donors (Lipinski definition) is 0. The molecule has 0 N–H and O–H groups in total. The summed E-state index contributed by atoms with van der Waals surface area (Å²) in [5, 5.41) is 1.85. The van der Waals surface area contributed by atoms with Crippen LogP contribution in [0.3, 0.4) is 0 Å². The van der Waals surface area contributed by atoms with Crippen LogP contribution >= 0.6 is 46.4 Å². The molecule has 0 aliphatic carbocycles. The second kappa shape index (κ2) is 5.98. The molecule has 1 aromatic carbocycles. The maximum absolute atomic E-state index is 5.97. The zero-order valence-corrected chi connectivity index (χ0v) is 12.0. The SMILES string of the molecule is Clc1ccc(Cl)c(OCc2nc(Cl)ccc2Cl)c1. The Hall–Kier alpha value is -0.670. The Morgan fingerprint density at radius 2 is 1.67 bits per heavy atom. The lowest BCUT2D eigenvalue weighted by Crippen LogP contribution is -2.00. The Balaban J connectivity index is 2.16. The highest BCUT2D eigenvalue weighted by atomic mass is 35.5. The van der Waals surface area contributed by atoms with Gasteiger partial charge in [0.25, 0.3) is 0 Å². The van der Waals surface area contributed by atoms with Gasteiger partial charge >= 0.3 is 0 Å². The number of rotatable bonds is 3. The highest BCUT2D eigenvalue weighted by Crippen LogP contribution is 2.29. The highest BCUT2D eigenvalue weighted by Gasteiger charge is 2.07. The van der Waals surface area contributed by atoms with E-state index in [9.17, 15) is 0 Å². The van der Waals surface area contributed by atoms with Crippen molar-refractivity contribution in [3.05, 3.63) is 56.2 Å². The van der Waals surface area contributed by atoms with Gasteiger partial charge in [-0.25, -0.2) is 4.98 Å². The Bertz CT molecular complexity index is 522. The number of nitrogens with zero attached hydrogens (tertiary/aromatic N) is 1. The van der Waals surface area contributed by atoms with Crippen LogP contribution in [0.1, 0.15) is 5.69 Å². The molecule has 1 heterocycles. The Labute approximate surface area is 124 Å². The summed E-state index contributed by atoms with van der Waals surface area (Å²) in [4.78, 5) is 4.07. The first-order valence-electron chi connectivity index (χ1n) is 4.95. The van der Waals surface area contributed by atoms with Crippen molar-refractivity contribution in [3.8, 4) is 5.75 Å². The zero-order chi connectivity index (χ0) is 13.1. The summed E-state index contributed by atoms with van der Waals surface area (Å²) >= 11 is 23.6. The van der Waals surface area contributed by atoms with E-state index in [0.717, 1.165) is 0 Å². The van der Waals surface area contributed by atoms with Gasteiger partial charge in [-0.3, -0.25) is 0 Å². The van der Waals surface area contributed by atoms with Crippen molar-refractivity contribution >= 4 is 46.4 Å². The maximum atomic E-state index is 5.97. The molecule has 2 nitrogen and oxygen atoms in total. The fourth-order valence-corrected chi connectivity index (χ4v) is 1.95. The first-order chi connectivity index (χ1) is 8.56. The van der Waals surface area contributed by atoms with Crippen LogP contribution < -0.4 is 4.74 Å². The summed E-state index contributed by atoms with van der Waals surface area (Å²) in [7, 11) is 0. The zero-order valence-electron chi connectivity index (χ0n) is 8.96. The van der Waals surface area contributed by atoms with E-state index in [1.54, 1.807) is 30.3 Å². The average Bonchev–Trinajstić information content (AvgIpc) is 2.34. The quantitative estimate of drug-likeness (QED) is 0.718. The number of ether oxygens (including phenoxy) is 1. The molecule has 0 fully saturated rings. The molecule has 18 heavy (non-hydrogen) atoms. The van der Waals surface area contributed by atoms with Crippen molar-refractivity contribution < 1.29 is 4.74 Å². The molecule has 2 aromatic rings. The normalized spacial score (nSPS) is 10.4. The Kier molecular flexibility index (Phi) is 4.57. The molecule has 0 atom stereocenters. The second-order valence-corrected chi connectivity index (χ2v) is 5.06. The van der Waals surface area contributed by atoms with Crippen molar-refractivity contribution in [2.75, 3.05) is 0 Å². The summed E-state index contributed by atoms with van der Waals surface area (Å²) in [6.45, 7) is 0.166. The van der Waals surface area contributed by atoms with Crippen molar-refractivity contribution in [2.45, 2.75) is 6.61 Å². The van der Waals surface area contributed by atoms with E-state index in [1.165, 1.54) is 0 Å². The minimum Gasteiger partial charge on any atom is -0.486 e. The van der Waals surface area contributed by atoms with Gasteiger partial charge in [0.1, 0.15) is 17.5 Å². The molecule has 0 unspecified atom stereocenters. The van der Waals surface area contributed by atoms with E-state index < -0.39 is 0 Å². The van der Waals surface area contributed by atoms with Crippen molar-refractivity contribution in [1.82, 2.24) is 4.98 Å². The van der Waals surface area contributed by atoms with Crippen LogP contribution in [-0.2, 0) is 6.61 Å². The smallest absolute Gasteiger partial charge is 0.139 e. The van der Waals surface area contributed by atoms with Gasteiger partial charge in [0, 0.05) is 11.1 Å². The summed E-state index contributed by atoms with van der Waals surface area (Å²) in [5.41, 5.74) is 0.542. The van der Waals surface area contributed by atoms with Crippen molar-refractivity contribution in [3.63, 3.8) is 0 Å². The van der Waals surface area contributed by atoms with Crippen LogP contribution in [0.2, 0.25) is 20.2 Å². The summed E-state index contributed by atoms with van der Waals surface area (Å²) in [6.07, 6.45) is 0. The van der Waals surface area contributed by atoms with E-state index in [1.807, 2.05) is 0 Å². The van der Waals surface area contributed by atoms with Gasteiger partial charge in [-0.1, -0.05) is 46.4 Å². The molecular formula is C12H7Cl4NO. The number of benzene rings is 1. The van der Waals surface area contributed by atoms with Gasteiger partial charge in [0.2, 0.25) is 0 Å². The highest BCUT2D eigenvalue weighted by molar-refractivity contribution is 6.34. The average molecular weight is 323 g/mol. The monoisotopic (exact) mass is 321 g/mol. The van der Waals surface area contributed by atoms with E-state index >= 15 is 0 Å². The second-order valence-electron chi connectivity index (χ2n) is 3.43. The molecule has 0 saturated heterocycles. The predicted molar refractivity (Wildman–Crippen MR) is 75.1 cm³/mol. The standard InChI is InChI=1S/C12H7Cl4NO/c13-7-1-2-9(15)11(5-7)18-6-10-8(14)3-4-12(16)17-10/h1-5H,6H2. The van der Waals surface area contributed by atoms with Crippen LogP contribution in [0.15, 0.2) is 30.3 Å². The van der Waals surface area contributed by atoms with Crippen LogP contribution in [0.4, 0.5) is 0 Å². The molecule has 0 bridgehead atoms. The van der Waals surface area contributed by atoms with Gasteiger partial charge in [0.05, 0.1) is 15.7 Å². The lowest BCUT2D eigenvalue weighted by Gasteiger charge is -2.09. The van der Waals surface area contributed by atoms with Crippen molar-refractivity contribution in [1.29, 1.82) is 0 Å². The van der Waals surface area contributed by atoms with Gasteiger partial charge in [0.15, 0.2) is 0 Å². The maximum Gasteiger partial charge on any atom is 0.139 e. The molecule has 6 heteroatoms. The topological polar surface area (TPSA) is 22.1 Å². The lowest BCUT2D eigenvalue weighted by molar-refractivity contribution is 0.301. The van der Waals surface area contributed by atoms with E-state index in [0.29, 0.717) is 31.7 Å². The summed E-state index contributed by atoms with van der Waals surface area (Å²) < 4.78 is 5.52. The fourth-order valence-electron chi connectivity index (χ4n) is 1.29. The Morgan fingerprint density at radius 3 is 2.44 bits per heavy atom. The first-order valence-corrected chi connectivity index (χ1v) is 6.46. The minimum atomic E-state index is 0.166. The molecule has 0 amide bonds. The van der Waals surface area contributed by atoms with Crippen LogP contribution in [0.5, 0.6) is 5.75 Å². The van der Waals surface area contributed by atoms with E-state index in [4.69, 9.17) is 51.1 Å². The largest absolute Gasteiger partial charge is 0.486 e. The molecule has 0 aliphatic heterocycles. The van der Waals surface area contributed by atoms with E-state index in [-0.39, 0.29) is 6.61 Å². The van der Waals surface area contributed by atoms with Crippen molar-refractivity contribution in [2.24, 2.45) is 0 Å². The predicted octanol–water partition coefficient (Wildman–Crippen LogP) is 5.27. The fraction of sp³-hybridized carbons (Fsp3) is 0.0833. The van der Waals surface area contributed by atoms with E-state index in [2.05, 4.69) is 4.98 Å². The van der Waals surface area contributed by atoms with Gasteiger partial charge in [-0.05, 0) is 24.3 Å². The summed E-state index contributed by atoms with van der Waals surface area (Å²) in [6, 6.07) is 8.24. The third-order valence-electron chi connectivity index (χ3n) is 2.14. The molecule has 0 saturated carbocycles. The molecule has 2 rings (SSSR count). The third-order valence-corrected chi connectivity index (χ3v) is 3.24. The summed E-state index contributed by atoms with van der Waals surface area (Å²) in [5.74, 6) is 0.474. The van der Waals surface area contributed by atoms with Crippen LogP contribution in [0, 0.1) is 0 Å². The van der Waals surface area contributed by atoms with Gasteiger partial charge < -0.3 is 4.74 Å². The molecule has 0 aliphatic rings. The molecule has 1 aromatic heterocycles. The third kappa shape index (κ3) is 3.42. The van der Waals surface area contributed by atoms with Crippen LogP contribution in [0.25, 0.3) is 0 Å². The lowest BCUT2D eigenvalue weighted by atomic mass is 10.3. The minimum absolute atomic E-state index is 0.166. The van der Waals surface area contributed by atoms with Gasteiger partial charge in [-0.15, -0.1) is 0 Å². The molecular weight excluding hydrogens is 316 g/mol. The number of aromatic nitrogens is 1. The number of halogens is 4. The Morgan fingerprint density at radius 1 is 0.944 bits per heavy atom. The first kappa shape index (κ1) is 13.8. The molecule has 94 valence electrons. The molecule has 0 radical (unpaired) electrons. The van der Waals surface area contributed by atoms with Crippen LogP contribution in [-0.4, -0.2) is 4.98 Å². The number of pyridine rings is 1. The molecule has 0 spiro atoms. The number of hydrogen-bond acceptors (Lipinski definition) is 2.